The summed E-state index contributed by atoms with van der Waals surface area (Å²) in [5.74, 6) is 0.550. The van der Waals surface area contributed by atoms with Crippen LogP contribution in [0.2, 0.25) is 0 Å². The number of carbonyl (C=O) groups excluding carboxylic acids is 1. The number of amides is 1. The number of carbonyl (C=O) groups is 1. The van der Waals surface area contributed by atoms with Crippen LogP contribution in [-0.2, 0) is 6.54 Å². The van der Waals surface area contributed by atoms with Gasteiger partial charge in [-0.25, -0.2) is 4.98 Å². The third-order valence-electron chi connectivity index (χ3n) is 3.65. The SMILES string of the molecule is Cc1cc(N)nc(C)c1CNC(=O)c1cc2ccccc2o1. The van der Waals surface area contributed by atoms with Crippen molar-refractivity contribution in [3.63, 3.8) is 0 Å². The van der Waals surface area contributed by atoms with Gasteiger partial charge in [0.2, 0.25) is 0 Å². The molecular weight excluding hydrogens is 278 g/mol. The van der Waals surface area contributed by atoms with Crippen molar-refractivity contribution in [1.29, 1.82) is 0 Å². The quantitative estimate of drug-likeness (QED) is 0.778. The van der Waals surface area contributed by atoms with Crippen molar-refractivity contribution in [2.24, 2.45) is 0 Å². The number of rotatable bonds is 3. The molecule has 112 valence electrons. The van der Waals surface area contributed by atoms with Crippen LogP contribution in [0.15, 0.2) is 40.8 Å². The Balaban J connectivity index is 1.78. The largest absolute Gasteiger partial charge is 0.451 e. The molecule has 0 spiro atoms. The van der Waals surface area contributed by atoms with Crippen LogP contribution in [0.3, 0.4) is 0 Å². The average molecular weight is 295 g/mol. The van der Waals surface area contributed by atoms with E-state index >= 15 is 0 Å². The lowest BCUT2D eigenvalue weighted by atomic mass is 10.1. The molecule has 0 aliphatic heterocycles. The number of hydrogen-bond acceptors (Lipinski definition) is 4. The zero-order valence-corrected chi connectivity index (χ0v) is 12.5. The fraction of sp³-hybridized carbons (Fsp3) is 0.176. The van der Waals surface area contributed by atoms with Crippen molar-refractivity contribution in [3.05, 3.63) is 59.0 Å². The number of nitrogens with zero attached hydrogens (tertiary/aromatic N) is 1. The van der Waals surface area contributed by atoms with Crippen LogP contribution in [0.5, 0.6) is 0 Å². The van der Waals surface area contributed by atoms with Gasteiger partial charge in [-0.3, -0.25) is 4.79 Å². The highest BCUT2D eigenvalue weighted by Gasteiger charge is 2.13. The molecule has 0 aliphatic carbocycles. The molecular formula is C17H17N3O2. The molecule has 0 atom stereocenters. The van der Waals surface area contributed by atoms with Crippen molar-refractivity contribution in [3.8, 4) is 0 Å². The number of nitrogen functional groups attached to an aromatic ring is 1. The maximum absolute atomic E-state index is 12.2. The topological polar surface area (TPSA) is 81.1 Å². The van der Waals surface area contributed by atoms with Gasteiger partial charge in [0, 0.05) is 17.6 Å². The number of anilines is 1. The maximum atomic E-state index is 12.2. The van der Waals surface area contributed by atoms with E-state index in [1.165, 1.54) is 0 Å². The molecule has 1 amide bonds. The molecule has 2 heterocycles. The molecule has 0 saturated carbocycles. The number of nitrogens with two attached hydrogens (primary N) is 1. The van der Waals surface area contributed by atoms with Gasteiger partial charge in [-0.05, 0) is 43.2 Å². The highest BCUT2D eigenvalue weighted by atomic mass is 16.3. The number of aromatic nitrogens is 1. The van der Waals surface area contributed by atoms with Crippen LogP contribution in [0.25, 0.3) is 11.0 Å². The van der Waals surface area contributed by atoms with Crippen LogP contribution in [0.4, 0.5) is 5.82 Å². The number of furan rings is 1. The first-order valence-electron chi connectivity index (χ1n) is 7.04. The summed E-state index contributed by atoms with van der Waals surface area (Å²) in [5.41, 5.74) is 9.21. The van der Waals surface area contributed by atoms with Gasteiger partial charge in [0.25, 0.3) is 5.91 Å². The molecule has 3 aromatic rings. The number of hydrogen-bond donors (Lipinski definition) is 2. The van der Waals surface area contributed by atoms with Crippen molar-refractivity contribution in [1.82, 2.24) is 10.3 Å². The summed E-state index contributed by atoms with van der Waals surface area (Å²) in [5, 5.41) is 3.78. The number of para-hydroxylation sites is 1. The summed E-state index contributed by atoms with van der Waals surface area (Å²) < 4.78 is 5.55. The predicted molar refractivity (Wildman–Crippen MR) is 85.5 cm³/mol. The lowest BCUT2D eigenvalue weighted by molar-refractivity contribution is 0.0925. The summed E-state index contributed by atoms with van der Waals surface area (Å²) in [4.78, 5) is 16.5. The molecule has 0 radical (unpaired) electrons. The third kappa shape index (κ3) is 2.65. The standard InChI is InChI=1S/C17H17N3O2/c1-10-7-16(18)20-11(2)13(10)9-19-17(21)15-8-12-5-3-4-6-14(12)22-15/h3-8H,9H2,1-2H3,(H2,18,20)(H,19,21). The Morgan fingerprint density at radius 3 is 2.77 bits per heavy atom. The molecule has 0 aliphatic rings. The average Bonchev–Trinajstić information content (AvgIpc) is 2.89. The van der Waals surface area contributed by atoms with Gasteiger partial charge in [-0.1, -0.05) is 18.2 Å². The van der Waals surface area contributed by atoms with Crippen molar-refractivity contribution >= 4 is 22.7 Å². The smallest absolute Gasteiger partial charge is 0.287 e. The summed E-state index contributed by atoms with van der Waals surface area (Å²) in [6.45, 7) is 4.22. The van der Waals surface area contributed by atoms with E-state index in [0.717, 1.165) is 22.2 Å². The van der Waals surface area contributed by atoms with Crippen LogP contribution >= 0.6 is 0 Å². The Bertz CT molecular complexity index is 796. The van der Waals surface area contributed by atoms with Crippen LogP contribution in [0.1, 0.15) is 27.4 Å². The normalized spacial score (nSPS) is 10.8. The van der Waals surface area contributed by atoms with E-state index < -0.39 is 0 Å². The van der Waals surface area contributed by atoms with E-state index in [1.54, 1.807) is 12.1 Å². The summed E-state index contributed by atoms with van der Waals surface area (Å²) in [6.07, 6.45) is 0. The first-order valence-corrected chi connectivity index (χ1v) is 7.04. The summed E-state index contributed by atoms with van der Waals surface area (Å²) in [6, 6.07) is 11.1. The third-order valence-corrected chi connectivity index (χ3v) is 3.65. The van der Waals surface area contributed by atoms with Gasteiger partial charge in [-0.15, -0.1) is 0 Å². The van der Waals surface area contributed by atoms with E-state index in [-0.39, 0.29) is 5.91 Å². The highest BCUT2D eigenvalue weighted by Crippen LogP contribution is 2.19. The second-order valence-corrected chi connectivity index (χ2v) is 5.26. The second kappa shape index (κ2) is 5.52. The Kier molecular flexibility index (Phi) is 3.55. The van der Waals surface area contributed by atoms with Crippen LogP contribution in [0, 0.1) is 13.8 Å². The molecule has 2 aromatic heterocycles. The fourth-order valence-corrected chi connectivity index (χ4v) is 2.50. The zero-order valence-electron chi connectivity index (χ0n) is 12.5. The first-order chi connectivity index (χ1) is 10.5. The Morgan fingerprint density at radius 2 is 2.05 bits per heavy atom. The Morgan fingerprint density at radius 1 is 1.27 bits per heavy atom. The number of fused-ring (bicyclic) bond motifs is 1. The van der Waals surface area contributed by atoms with E-state index in [0.29, 0.717) is 23.7 Å². The van der Waals surface area contributed by atoms with E-state index in [2.05, 4.69) is 10.3 Å². The maximum Gasteiger partial charge on any atom is 0.287 e. The number of aryl methyl sites for hydroxylation is 2. The predicted octanol–water partition coefficient (Wildman–Crippen LogP) is 2.96. The number of pyridine rings is 1. The van der Waals surface area contributed by atoms with Gasteiger partial charge >= 0.3 is 0 Å². The molecule has 1 aromatic carbocycles. The lowest BCUT2D eigenvalue weighted by Gasteiger charge is -2.10. The monoisotopic (exact) mass is 295 g/mol. The molecule has 0 bridgehead atoms. The molecule has 0 fully saturated rings. The minimum atomic E-state index is -0.244. The van der Waals surface area contributed by atoms with Gasteiger partial charge in [0.05, 0.1) is 0 Å². The minimum Gasteiger partial charge on any atom is -0.451 e. The first kappa shape index (κ1) is 14.1. The van der Waals surface area contributed by atoms with Gasteiger partial charge in [-0.2, -0.15) is 0 Å². The molecule has 0 unspecified atom stereocenters. The number of nitrogens with one attached hydrogen (secondary N) is 1. The Hall–Kier alpha value is -2.82. The van der Waals surface area contributed by atoms with Crippen molar-refractivity contribution in [2.45, 2.75) is 20.4 Å². The summed E-state index contributed by atoms with van der Waals surface area (Å²) >= 11 is 0. The molecule has 0 saturated heterocycles. The fourth-order valence-electron chi connectivity index (χ4n) is 2.50. The minimum absolute atomic E-state index is 0.244. The molecule has 3 N–H and O–H groups in total. The highest BCUT2D eigenvalue weighted by molar-refractivity contribution is 5.96. The van der Waals surface area contributed by atoms with Gasteiger partial charge < -0.3 is 15.5 Å². The van der Waals surface area contributed by atoms with Crippen LogP contribution in [-0.4, -0.2) is 10.9 Å². The van der Waals surface area contributed by atoms with Crippen LogP contribution < -0.4 is 11.1 Å². The van der Waals surface area contributed by atoms with Gasteiger partial charge in [0.15, 0.2) is 5.76 Å². The second-order valence-electron chi connectivity index (χ2n) is 5.26. The molecule has 3 rings (SSSR count). The van der Waals surface area contributed by atoms with E-state index in [9.17, 15) is 4.79 Å². The molecule has 5 heteroatoms. The zero-order chi connectivity index (χ0) is 15.7. The van der Waals surface area contributed by atoms with Crippen molar-refractivity contribution in [2.75, 3.05) is 5.73 Å². The van der Waals surface area contributed by atoms with E-state index in [4.69, 9.17) is 10.2 Å². The summed E-state index contributed by atoms with van der Waals surface area (Å²) in [7, 11) is 0. The number of benzene rings is 1. The lowest BCUT2D eigenvalue weighted by Crippen LogP contribution is -2.23. The van der Waals surface area contributed by atoms with E-state index in [1.807, 2.05) is 38.1 Å². The molecule has 22 heavy (non-hydrogen) atoms. The van der Waals surface area contributed by atoms with Crippen molar-refractivity contribution < 1.29 is 9.21 Å². The van der Waals surface area contributed by atoms with Gasteiger partial charge in [0.1, 0.15) is 11.4 Å². The molecule has 5 nitrogen and oxygen atoms in total. The Labute approximate surface area is 128 Å².